The number of anilines is 1. The molecule has 0 atom stereocenters. The van der Waals surface area contributed by atoms with Crippen molar-refractivity contribution in [3.8, 4) is 16.9 Å². The number of benzene rings is 1. The van der Waals surface area contributed by atoms with E-state index in [2.05, 4.69) is 10.3 Å². The lowest BCUT2D eigenvalue weighted by atomic mass is 10.1. The molecule has 0 bridgehead atoms. The van der Waals surface area contributed by atoms with E-state index in [4.69, 9.17) is 5.73 Å². The summed E-state index contributed by atoms with van der Waals surface area (Å²) in [6.07, 6.45) is 3.85. The van der Waals surface area contributed by atoms with Crippen LogP contribution in [0.3, 0.4) is 0 Å². The first kappa shape index (κ1) is 17.9. The first-order valence-corrected chi connectivity index (χ1v) is 9.31. The Morgan fingerprint density at radius 1 is 1.00 bits per heavy atom. The molecule has 0 radical (unpaired) electrons. The highest BCUT2D eigenvalue weighted by Crippen LogP contribution is 2.28. The molecule has 8 nitrogen and oxygen atoms in total. The van der Waals surface area contributed by atoms with Gasteiger partial charge in [0, 0.05) is 24.0 Å². The van der Waals surface area contributed by atoms with Gasteiger partial charge in [-0.3, -0.25) is 24.3 Å². The maximum Gasteiger partial charge on any atom is 0.262 e. The summed E-state index contributed by atoms with van der Waals surface area (Å²) in [7, 11) is 0. The van der Waals surface area contributed by atoms with Crippen LogP contribution in [-0.2, 0) is 0 Å². The Hall–Kier alpha value is -4.20. The Morgan fingerprint density at radius 3 is 2.60 bits per heavy atom. The summed E-state index contributed by atoms with van der Waals surface area (Å²) in [6.45, 7) is 3.85. The zero-order valence-electron chi connectivity index (χ0n) is 16.3. The molecule has 5 rings (SSSR count). The number of hydrogen-bond donors (Lipinski definition) is 2. The second-order valence-electron chi connectivity index (χ2n) is 7.37. The minimum absolute atomic E-state index is 0.00304. The summed E-state index contributed by atoms with van der Waals surface area (Å²) >= 11 is 0. The van der Waals surface area contributed by atoms with E-state index >= 15 is 0 Å². The molecule has 3 N–H and O–H groups in total. The number of amides is 2. The molecular formula is C22H17N5O3. The number of carbonyl (C=O) groups excluding carboxylic acids is 2. The van der Waals surface area contributed by atoms with Gasteiger partial charge in [-0.2, -0.15) is 0 Å². The monoisotopic (exact) mass is 399 g/mol. The average molecular weight is 399 g/mol. The molecule has 0 saturated carbocycles. The Morgan fingerprint density at radius 2 is 1.80 bits per heavy atom. The molecule has 3 aromatic heterocycles. The van der Waals surface area contributed by atoms with Crippen molar-refractivity contribution >= 4 is 23.3 Å². The van der Waals surface area contributed by atoms with Gasteiger partial charge in [-0.25, -0.2) is 4.98 Å². The Kier molecular flexibility index (Phi) is 3.66. The second kappa shape index (κ2) is 6.15. The number of fused-ring (bicyclic) bond motifs is 2. The van der Waals surface area contributed by atoms with E-state index < -0.39 is 17.4 Å². The molecular weight excluding hydrogens is 382 g/mol. The standard InChI is InChI=1S/C22H17N5O3/c1-11-5-6-26-10-15(24-17(26)7-11)13-4-3-12(2)16(8-13)27-18(28)9-14-19(20(27)23)22(30)25-21(14)29/h3-10H,23H2,1-2H3,(H,25,29,30). The van der Waals surface area contributed by atoms with Crippen molar-refractivity contribution in [2.75, 3.05) is 5.73 Å². The molecule has 0 aliphatic carbocycles. The van der Waals surface area contributed by atoms with Gasteiger partial charge in [0.2, 0.25) is 0 Å². The number of pyridine rings is 2. The molecule has 0 spiro atoms. The van der Waals surface area contributed by atoms with Crippen molar-refractivity contribution in [3.63, 3.8) is 0 Å². The van der Waals surface area contributed by atoms with Crippen LogP contribution in [0.4, 0.5) is 5.82 Å². The van der Waals surface area contributed by atoms with Gasteiger partial charge in [0.25, 0.3) is 17.4 Å². The van der Waals surface area contributed by atoms with Gasteiger partial charge in [-0.15, -0.1) is 0 Å². The fraction of sp³-hybridized carbons (Fsp3) is 0.0909. The van der Waals surface area contributed by atoms with Crippen LogP contribution in [0, 0.1) is 13.8 Å². The summed E-state index contributed by atoms with van der Waals surface area (Å²) in [6, 6.07) is 10.7. The van der Waals surface area contributed by atoms with Gasteiger partial charge in [0.15, 0.2) is 0 Å². The lowest BCUT2D eigenvalue weighted by Crippen LogP contribution is -2.24. The van der Waals surface area contributed by atoms with Crippen LogP contribution in [-0.4, -0.2) is 25.8 Å². The maximum absolute atomic E-state index is 12.8. The third-order valence-corrected chi connectivity index (χ3v) is 5.31. The van der Waals surface area contributed by atoms with E-state index in [1.54, 1.807) is 0 Å². The third-order valence-electron chi connectivity index (χ3n) is 5.31. The molecule has 1 aliphatic rings. The summed E-state index contributed by atoms with van der Waals surface area (Å²) in [5, 5.41) is 2.18. The summed E-state index contributed by atoms with van der Waals surface area (Å²) in [5.41, 5.74) is 10.5. The van der Waals surface area contributed by atoms with Crippen molar-refractivity contribution in [2.24, 2.45) is 0 Å². The SMILES string of the molecule is Cc1ccn2cc(-c3ccc(C)c(-n4c(N)c5c(cc4=O)C(=O)NC5=O)c3)nc2c1. The molecule has 0 unspecified atom stereocenters. The molecule has 30 heavy (non-hydrogen) atoms. The molecule has 4 aromatic rings. The minimum Gasteiger partial charge on any atom is -0.384 e. The van der Waals surface area contributed by atoms with Crippen molar-refractivity contribution in [3.05, 3.63) is 81.4 Å². The normalized spacial score (nSPS) is 13.0. The highest BCUT2D eigenvalue weighted by atomic mass is 16.2. The summed E-state index contributed by atoms with van der Waals surface area (Å²) < 4.78 is 3.18. The van der Waals surface area contributed by atoms with Crippen molar-refractivity contribution in [2.45, 2.75) is 13.8 Å². The van der Waals surface area contributed by atoms with Gasteiger partial charge in [-0.1, -0.05) is 12.1 Å². The molecule has 1 aliphatic heterocycles. The Balaban J connectivity index is 1.71. The van der Waals surface area contributed by atoms with E-state index in [0.29, 0.717) is 5.69 Å². The fourth-order valence-corrected chi connectivity index (χ4v) is 3.76. The Bertz CT molecular complexity index is 1460. The van der Waals surface area contributed by atoms with Gasteiger partial charge >= 0.3 is 0 Å². The van der Waals surface area contributed by atoms with E-state index in [9.17, 15) is 14.4 Å². The number of nitrogens with zero attached hydrogens (tertiary/aromatic N) is 3. The molecule has 1 aromatic carbocycles. The summed E-state index contributed by atoms with van der Waals surface area (Å²) in [5.74, 6) is -1.28. The van der Waals surface area contributed by atoms with Crippen molar-refractivity contribution in [1.82, 2.24) is 19.3 Å². The van der Waals surface area contributed by atoms with Crippen molar-refractivity contribution < 1.29 is 9.59 Å². The number of imidazole rings is 1. The largest absolute Gasteiger partial charge is 0.384 e. The summed E-state index contributed by atoms with van der Waals surface area (Å²) in [4.78, 5) is 41.5. The van der Waals surface area contributed by atoms with Crippen LogP contribution < -0.4 is 16.6 Å². The molecule has 0 fully saturated rings. The molecule has 148 valence electrons. The van der Waals surface area contributed by atoms with Gasteiger partial charge in [0.05, 0.1) is 22.5 Å². The van der Waals surface area contributed by atoms with Crippen LogP contribution in [0.5, 0.6) is 0 Å². The molecule has 4 heterocycles. The predicted octanol–water partition coefficient (Wildman–Crippen LogP) is 2.23. The first-order valence-electron chi connectivity index (χ1n) is 9.31. The van der Waals surface area contributed by atoms with Gasteiger partial charge in [0.1, 0.15) is 11.5 Å². The van der Waals surface area contributed by atoms with Crippen LogP contribution in [0.1, 0.15) is 31.8 Å². The highest BCUT2D eigenvalue weighted by Gasteiger charge is 2.32. The quantitative estimate of drug-likeness (QED) is 0.502. The third kappa shape index (κ3) is 2.54. The van der Waals surface area contributed by atoms with Crippen LogP contribution >= 0.6 is 0 Å². The number of carbonyl (C=O) groups is 2. The number of aromatic nitrogens is 3. The average Bonchev–Trinajstić information content (AvgIpc) is 3.23. The number of nitrogens with one attached hydrogen (secondary N) is 1. The number of aryl methyl sites for hydroxylation is 2. The molecule has 2 amide bonds. The maximum atomic E-state index is 12.8. The smallest absolute Gasteiger partial charge is 0.262 e. The van der Waals surface area contributed by atoms with Gasteiger partial charge in [-0.05, 0) is 43.2 Å². The zero-order valence-corrected chi connectivity index (χ0v) is 16.3. The predicted molar refractivity (Wildman–Crippen MR) is 112 cm³/mol. The number of imide groups is 1. The van der Waals surface area contributed by atoms with Crippen molar-refractivity contribution in [1.29, 1.82) is 0 Å². The lowest BCUT2D eigenvalue weighted by Gasteiger charge is -2.15. The van der Waals surface area contributed by atoms with Crippen LogP contribution in [0.2, 0.25) is 0 Å². The fourth-order valence-electron chi connectivity index (χ4n) is 3.76. The topological polar surface area (TPSA) is 111 Å². The zero-order chi connectivity index (χ0) is 21.2. The van der Waals surface area contributed by atoms with E-state index in [-0.39, 0.29) is 16.9 Å². The van der Waals surface area contributed by atoms with E-state index in [1.807, 2.05) is 61.0 Å². The van der Waals surface area contributed by atoms with E-state index in [1.165, 1.54) is 4.57 Å². The number of hydrogen-bond acceptors (Lipinski definition) is 5. The molecule has 0 saturated heterocycles. The number of rotatable bonds is 2. The first-order chi connectivity index (χ1) is 14.3. The minimum atomic E-state index is -0.614. The second-order valence-corrected chi connectivity index (χ2v) is 7.37. The van der Waals surface area contributed by atoms with E-state index in [0.717, 1.165) is 34.1 Å². The highest BCUT2D eigenvalue weighted by molar-refractivity contribution is 6.23. The van der Waals surface area contributed by atoms with Gasteiger partial charge < -0.3 is 10.1 Å². The lowest BCUT2D eigenvalue weighted by molar-refractivity contribution is 0.0880. The Labute approximate surface area is 170 Å². The number of nitrogens with two attached hydrogens (primary N) is 1. The molecule has 8 heteroatoms. The van der Waals surface area contributed by atoms with Crippen LogP contribution in [0.15, 0.2) is 53.6 Å². The number of nitrogen functional groups attached to an aromatic ring is 1. The van der Waals surface area contributed by atoms with Crippen LogP contribution in [0.25, 0.3) is 22.6 Å².